The Labute approximate surface area is 107 Å². The van der Waals surface area contributed by atoms with Crippen LogP contribution in [0.5, 0.6) is 5.75 Å². The third-order valence-electron chi connectivity index (χ3n) is 3.20. The lowest BCUT2D eigenvalue weighted by Gasteiger charge is -2.12. The quantitative estimate of drug-likeness (QED) is 0.651. The molecule has 0 radical (unpaired) electrons. The van der Waals surface area contributed by atoms with Gasteiger partial charge >= 0.3 is 11.9 Å². The molecular formula is C12H12FNO5. The number of hydrogen-bond acceptors (Lipinski definition) is 4. The van der Waals surface area contributed by atoms with Crippen LogP contribution in [0.1, 0.15) is 28.4 Å². The molecule has 0 amide bonds. The Morgan fingerprint density at radius 3 is 2.53 bits per heavy atom. The molecule has 2 atom stereocenters. The van der Waals surface area contributed by atoms with E-state index in [4.69, 9.17) is 10.2 Å². The highest BCUT2D eigenvalue weighted by atomic mass is 19.1. The van der Waals surface area contributed by atoms with Crippen LogP contribution in [-0.2, 0) is 4.79 Å². The second kappa shape index (κ2) is 4.85. The van der Waals surface area contributed by atoms with Crippen LogP contribution in [0.4, 0.5) is 4.39 Å². The van der Waals surface area contributed by atoms with Crippen molar-refractivity contribution in [3.8, 4) is 5.75 Å². The molecule has 0 aliphatic carbocycles. The Balaban J connectivity index is 2.32. The lowest BCUT2D eigenvalue weighted by Crippen LogP contribution is -2.17. The van der Waals surface area contributed by atoms with Crippen LogP contribution in [0, 0.1) is 11.7 Å². The van der Waals surface area contributed by atoms with Crippen LogP contribution in [0.25, 0.3) is 0 Å². The molecule has 2 unspecified atom stereocenters. The van der Waals surface area contributed by atoms with Crippen molar-refractivity contribution in [3.63, 3.8) is 0 Å². The number of aromatic carboxylic acids is 1. The summed E-state index contributed by atoms with van der Waals surface area (Å²) >= 11 is 0. The maximum absolute atomic E-state index is 13.5. The van der Waals surface area contributed by atoms with Gasteiger partial charge in [-0.05, 0) is 24.1 Å². The highest BCUT2D eigenvalue weighted by molar-refractivity contribution is 5.91. The molecule has 1 aliphatic rings. The van der Waals surface area contributed by atoms with Gasteiger partial charge in [-0.3, -0.25) is 4.79 Å². The molecule has 19 heavy (non-hydrogen) atoms. The highest BCUT2D eigenvalue weighted by Gasteiger charge is 2.31. The van der Waals surface area contributed by atoms with Gasteiger partial charge in [-0.2, -0.15) is 0 Å². The van der Waals surface area contributed by atoms with Gasteiger partial charge in [0.25, 0.3) is 0 Å². The molecule has 1 aliphatic heterocycles. The van der Waals surface area contributed by atoms with E-state index in [0.29, 0.717) is 5.56 Å². The van der Waals surface area contributed by atoms with E-state index < -0.39 is 41.0 Å². The first kappa shape index (κ1) is 13.3. The van der Waals surface area contributed by atoms with Crippen LogP contribution in [0.15, 0.2) is 12.1 Å². The van der Waals surface area contributed by atoms with Gasteiger partial charge in [0.1, 0.15) is 5.56 Å². The molecule has 6 nitrogen and oxygen atoms in total. The molecule has 4 N–H and O–H groups in total. The first-order valence-corrected chi connectivity index (χ1v) is 5.62. The monoisotopic (exact) mass is 269 g/mol. The van der Waals surface area contributed by atoms with E-state index in [1.165, 1.54) is 0 Å². The molecular weight excluding hydrogens is 257 g/mol. The van der Waals surface area contributed by atoms with Crippen LogP contribution < -0.4 is 5.32 Å². The Morgan fingerprint density at radius 2 is 2.00 bits per heavy atom. The van der Waals surface area contributed by atoms with Crippen molar-refractivity contribution >= 4 is 11.9 Å². The largest absolute Gasteiger partial charge is 0.504 e. The van der Waals surface area contributed by atoms with Gasteiger partial charge in [-0.15, -0.1) is 0 Å². The van der Waals surface area contributed by atoms with E-state index in [0.717, 1.165) is 12.1 Å². The molecule has 0 spiro atoms. The highest BCUT2D eigenvalue weighted by Crippen LogP contribution is 2.32. The summed E-state index contributed by atoms with van der Waals surface area (Å²) in [4.78, 5) is 21.7. The third kappa shape index (κ3) is 2.50. The van der Waals surface area contributed by atoms with Gasteiger partial charge in [0.05, 0.1) is 5.92 Å². The van der Waals surface area contributed by atoms with E-state index in [1.54, 1.807) is 0 Å². The Bertz CT molecular complexity index is 545. The van der Waals surface area contributed by atoms with E-state index in [2.05, 4.69) is 5.32 Å². The summed E-state index contributed by atoms with van der Waals surface area (Å²) in [5.41, 5.74) is -0.216. The molecule has 102 valence electrons. The molecule has 1 heterocycles. The molecule has 0 aromatic heterocycles. The van der Waals surface area contributed by atoms with Gasteiger partial charge in [-0.1, -0.05) is 0 Å². The summed E-state index contributed by atoms with van der Waals surface area (Å²) in [7, 11) is 0. The summed E-state index contributed by atoms with van der Waals surface area (Å²) in [5.74, 6) is -4.92. The number of carbonyl (C=O) groups is 2. The van der Waals surface area contributed by atoms with Gasteiger partial charge < -0.3 is 20.6 Å². The SMILES string of the molecule is O=C(O)c1cc(C2CC(C(=O)O)CN2)cc(F)c1O. The minimum atomic E-state index is -1.44. The maximum Gasteiger partial charge on any atom is 0.339 e. The van der Waals surface area contributed by atoms with Crippen LogP contribution in [-0.4, -0.2) is 33.8 Å². The first-order chi connectivity index (χ1) is 8.90. The van der Waals surface area contributed by atoms with Crippen molar-refractivity contribution in [2.24, 2.45) is 5.92 Å². The van der Waals surface area contributed by atoms with E-state index in [-0.39, 0.29) is 13.0 Å². The summed E-state index contributed by atoms with van der Waals surface area (Å²) in [6.45, 7) is 0.241. The zero-order chi connectivity index (χ0) is 14.2. The summed E-state index contributed by atoms with van der Waals surface area (Å²) in [6, 6.07) is 1.74. The fraction of sp³-hybridized carbons (Fsp3) is 0.333. The molecule has 0 saturated carbocycles. The molecule has 1 aromatic rings. The number of rotatable bonds is 3. The smallest absolute Gasteiger partial charge is 0.339 e. The number of aromatic hydroxyl groups is 1. The number of halogens is 1. The second-order valence-corrected chi connectivity index (χ2v) is 4.44. The van der Waals surface area contributed by atoms with Crippen molar-refractivity contribution in [3.05, 3.63) is 29.1 Å². The second-order valence-electron chi connectivity index (χ2n) is 4.44. The third-order valence-corrected chi connectivity index (χ3v) is 3.20. The summed E-state index contributed by atoms with van der Waals surface area (Å²) in [5, 5.41) is 29.9. The number of hydrogen-bond donors (Lipinski definition) is 4. The van der Waals surface area contributed by atoms with Gasteiger partial charge in [0, 0.05) is 12.6 Å². The van der Waals surface area contributed by atoms with E-state index >= 15 is 0 Å². The Hall–Kier alpha value is -2.15. The zero-order valence-corrected chi connectivity index (χ0v) is 9.76. The van der Waals surface area contributed by atoms with Crippen LogP contribution in [0.3, 0.4) is 0 Å². The molecule has 7 heteroatoms. The predicted molar refractivity (Wildman–Crippen MR) is 61.5 cm³/mol. The fourth-order valence-corrected chi connectivity index (χ4v) is 2.16. The number of phenols is 1. The number of aliphatic carboxylic acids is 1. The molecule has 1 aromatic carbocycles. The van der Waals surface area contributed by atoms with Gasteiger partial charge in [-0.25, -0.2) is 9.18 Å². The zero-order valence-electron chi connectivity index (χ0n) is 9.76. The topological polar surface area (TPSA) is 107 Å². The normalized spacial score (nSPS) is 22.4. The van der Waals surface area contributed by atoms with Crippen molar-refractivity contribution in [2.75, 3.05) is 6.54 Å². The minimum Gasteiger partial charge on any atom is -0.504 e. The van der Waals surface area contributed by atoms with Gasteiger partial charge in [0.15, 0.2) is 11.6 Å². The van der Waals surface area contributed by atoms with Gasteiger partial charge in [0.2, 0.25) is 0 Å². The first-order valence-electron chi connectivity index (χ1n) is 5.62. The van der Waals surface area contributed by atoms with Crippen molar-refractivity contribution in [1.82, 2.24) is 5.32 Å². The number of nitrogens with one attached hydrogen (secondary N) is 1. The van der Waals surface area contributed by atoms with E-state index in [1.807, 2.05) is 0 Å². The molecule has 1 saturated heterocycles. The van der Waals surface area contributed by atoms with E-state index in [9.17, 15) is 19.1 Å². The lowest BCUT2D eigenvalue weighted by atomic mass is 9.98. The molecule has 2 rings (SSSR count). The summed E-state index contributed by atoms with van der Waals surface area (Å²) in [6.07, 6.45) is 0.249. The fourth-order valence-electron chi connectivity index (χ4n) is 2.16. The minimum absolute atomic E-state index is 0.241. The van der Waals surface area contributed by atoms with Crippen LogP contribution in [0.2, 0.25) is 0 Å². The lowest BCUT2D eigenvalue weighted by molar-refractivity contribution is -0.141. The average Bonchev–Trinajstić information content (AvgIpc) is 2.81. The average molecular weight is 269 g/mol. The number of carboxylic acid groups (broad SMARTS) is 2. The molecule has 1 fully saturated rings. The number of carboxylic acids is 2. The Kier molecular flexibility index (Phi) is 3.39. The van der Waals surface area contributed by atoms with Crippen molar-refractivity contribution in [2.45, 2.75) is 12.5 Å². The molecule has 0 bridgehead atoms. The number of benzene rings is 1. The Morgan fingerprint density at radius 1 is 1.32 bits per heavy atom. The maximum atomic E-state index is 13.5. The van der Waals surface area contributed by atoms with Crippen molar-refractivity contribution in [1.29, 1.82) is 0 Å². The predicted octanol–water partition coefficient (Wildman–Crippen LogP) is 0.965. The standard InChI is InChI=1S/C12H12FNO5/c13-8-2-5(1-7(10(8)15)12(18)19)9-3-6(4-14-9)11(16)17/h1-2,6,9,14-15H,3-4H2,(H,16,17)(H,18,19). The van der Waals surface area contributed by atoms with Crippen molar-refractivity contribution < 1.29 is 29.3 Å². The van der Waals surface area contributed by atoms with Crippen LogP contribution >= 0.6 is 0 Å². The summed E-state index contributed by atoms with van der Waals surface area (Å²) < 4.78 is 13.5.